The molecule has 0 unspecified atom stereocenters. The smallest absolute Gasteiger partial charge is 0.231 e. The Hall–Kier alpha value is -1.90. The molecule has 2 heterocycles. The lowest BCUT2D eigenvalue weighted by atomic mass is 9.95. The molecule has 0 bridgehead atoms. The number of hydrogen-bond acceptors (Lipinski definition) is 2. The van der Waals surface area contributed by atoms with Crippen LogP contribution in [0.15, 0.2) is 17.7 Å². The van der Waals surface area contributed by atoms with Gasteiger partial charge in [-0.1, -0.05) is 5.57 Å². The maximum atomic E-state index is 5.53. The minimum absolute atomic E-state index is 0.342. The number of ether oxygens (including phenoxy) is 2. The second-order valence-electron chi connectivity index (χ2n) is 5.48. The van der Waals surface area contributed by atoms with Crippen molar-refractivity contribution in [2.75, 3.05) is 13.3 Å². The molecular formula is C16H17NO2. The molecular weight excluding hydrogens is 238 g/mol. The van der Waals surface area contributed by atoms with E-state index in [0.717, 1.165) is 37.3 Å². The molecule has 4 rings (SSSR count). The number of allylic oxidation sites excluding steroid dienone is 2. The third kappa shape index (κ3) is 1.51. The van der Waals surface area contributed by atoms with Gasteiger partial charge in [-0.3, -0.25) is 0 Å². The second-order valence-corrected chi connectivity index (χ2v) is 5.48. The summed E-state index contributed by atoms with van der Waals surface area (Å²) >= 11 is 0. The number of rotatable bonds is 0. The van der Waals surface area contributed by atoms with Crippen LogP contribution in [0.5, 0.6) is 11.5 Å². The SMILES string of the molecule is [CH2-][N+]1=C2CCC(C)=C2c2cc3c(cc2CC1)OCO3. The van der Waals surface area contributed by atoms with Crippen molar-refractivity contribution in [1.29, 1.82) is 0 Å². The van der Waals surface area contributed by atoms with Gasteiger partial charge in [-0.2, -0.15) is 0 Å². The predicted octanol–water partition coefficient (Wildman–Crippen LogP) is 2.78. The van der Waals surface area contributed by atoms with E-state index in [1.54, 1.807) is 0 Å². The van der Waals surface area contributed by atoms with Crippen LogP contribution in [0.1, 0.15) is 30.9 Å². The lowest BCUT2D eigenvalue weighted by Gasteiger charge is -2.12. The average molecular weight is 255 g/mol. The molecule has 3 nitrogen and oxygen atoms in total. The summed E-state index contributed by atoms with van der Waals surface area (Å²) in [5.74, 6) is 1.76. The van der Waals surface area contributed by atoms with Gasteiger partial charge in [-0.15, -0.1) is 0 Å². The van der Waals surface area contributed by atoms with Gasteiger partial charge in [0.2, 0.25) is 6.79 Å². The van der Waals surface area contributed by atoms with E-state index in [1.807, 2.05) is 0 Å². The first kappa shape index (κ1) is 11.0. The van der Waals surface area contributed by atoms with Gasteiger partial charge in [0.25, 0.3) is 0 Å². The van der Waals surface area contributed by atoms with E-state index in [9.17, 15) is 0 Å². The van der Waals surface area contributed by atoms with Crippen LogP contribution >= 0.6 is 0 Å². The molecule has 0 amide bonds. The summed E-state index contributed by atoms with van der Waals surface area (Å²) in [6.45, 7) is 3.54. The Bertz CT molecular complexity index is 640. The van der Waals surface area contributed by atoms with Crippen molar-refractivity contribution in [2.45, 2.75) is 26.2 Å². The van der Waals surface area contributed by atoms with Crippen LogP contribution in [0, 0.1) is 7.05 Å². The summed E-state index contributed by atoms with van der Waals surface area (Å²) < 4.78 is 13.2. The zero-order valence-electron chi connectivity index (χ0n) is 11.2. The fourth-order valence-corrected chi connectivity index (χ4v) is 3.32. The van der Waals surface area contributed by atoms with Gasteiger partial charge in [0.1, 0.15) is 6.54 Å². The minimum atomic E-state index is 0.342. The number of hydrogen-bond donors (Lipinski definition) is 0. The Labute approximate surface area is 113 Å². The van der Waals surface area contributed by atoms with Gasteiger partial charge in [-0.25, -0.2) is 0 Å². The second kappa shape index (κ2) is 3.80. The standard InChI is InChI=1S/C16H17NO2/c1-10-3-4-13-16(10)12-8-15-14(18-9-19-15)7-11(12)5-6-17(13)2/h7-8H,2-6,9H2,1H3. The number of fused-ring (bicyclic) bond motifs is 4. The van der Waals surface area contributed by atoms with Crippen molar-refractivity contribution in [2.24, 2.45) is 0 Å². The Morgan fingerprint density at radius 1 is 1.11 bits per heavy atom. The summed E-state index contributed by atoms with van der Waals surface area (Å²) in [6, 6.07) is 4.30. The number of nitrogens with zero attached hydrogens (tertiary/aromatic N) is 1. The molecule has 1 aliphatic carbocycles. The highest BCUT2D eigenvalue weighted by atomic mass is 16.7. The van der Waals surface area contributed by atoms with Crippen LogP contribution < -0.4 is 9.47 Å². The van der Waals surface area contributed by atoms with Crippen molar-refractivity contribution < 1.29 is 14.0 Å². The van der Waals surface area contributed by atoms with E-state index in [2.05, 4.69) is 30.7 Å². The molecule has 0 N–H and O–H groups in total. The molecule has 0 fully saturated rings. The monoisotopic (exact) mass is 255 g/mol. The first-order valence-electron chi connectivity index (χ1n) is 6.81. The maximum absolute atomic E-state index is 5.53. The molecule has 3 heteroatoms. The maximum Gasteiger partial charge on any atom is 0.231 e. The molecule has 1 aromatic rings. The average Bonchev–Trinajstić information content (AvgIpc) is 2.97. The summed E-state index contributed by atoms with van der Waals surface area (Å²) in [5.41, 5.74) is 6.91. The number of benzene rings is 1. The topological polar surface area (TPSA) is 21.5 Å². The van der Waals surface area contributed by atoms with Crippen molar-refractivity contribution in [3.63, 3.8) is 0 Å². The third-order valence-electron chi connectivity index (χ3n) is 4.35. The molecule has 0 aromatic heterocycles. The molecule has 0 atom stereocenters. The highest BCUT2D eigenvalue weighted by Gasteiger charge is 2.27. The quantitative estimate of drug-likeness (QED) is 0.525. The van der Waals surface area contributed by atoms with Gasteiger partial charge in [0.05, 0.1) is 0 Å². The molecule has 0 saturated heterocycles. The third-order valence-corrected chi connectivity index (χ3v) is 4.35. The zero-order chi connectivity index (χ0) is 13.0. The molecule has 19 heavy (non-hydrogen) atoms. The van der Waals surface area contributed by atoms with E-state index in [-0.39, 0.29) is 0 Å². The van der Waals surface area contributed by atoms with Crippen LogP contribution in [0.25, 0.3) is 5.57 Å². The molecule has 1 aromatic carbocycles. The molecule has 0 spiro atoms. The largest absolute Gasteiger partial charge is 0.454 e. The van der Waals surface area contributed by atoms with E-state index in [1.165, 1.54) is 28.0 Å². The van der Waals surface area contributed by atoms with Crippen LogP contribution in [0.4, 0.5) is 0 Å². The summed E-state index contributed by atoms with van der Waals surface area (Å²) in [5, 5.41) is 0. The van der Waals surface area contributed by atoms with Crippen molar-refractivity contribution in [3.8, 4) is 11.5 Å². The first-order chi connectivity index (χ1) is 9.24. The van der Waals surface area contributed by atoms with Gasteiger partial charge >= 0.3 is 0 Å². The highest BCUT2D eigenvalue weighted by molar-refractivity contribution is 6.25. The van der Waals surface area contributed by atoms with Gasteiger partial charge in [-0.05, 0) is 55.6 Å². The lowest BCUT2D eigenvalue weighted by molar-refractivity contribution is -0.463. The van der Waals surface area contributed by atoms with Crippen LogP contribution in [0.3, 0.4) is 0 Å². The Kier molecular flexibility index (Phi) is 2.19. The van der Waals surface area contributed by atoms with E-state index < -0.39 is 0 Å². The van der Waals surface area contributed by atoms with Crippen molar-refractivity contribution in [3.05, 3.63) is 35.9 Å². The zero-order valence-corrected chi connectivity index (χ0v) is 11.2. The summed E-state index contributed by atoms with van der Waals surface area (Å²) in [4.78, 5) is 0. The van der Waals surface area contributed by atoms with E-state index in [0.29, 0.717) is 6.79 Å². The van der Waals surface area contributed by atoms with Gasteiger partial charge < -0.3 is 14.0 Å². The van der Waals surface area contributed by atoms with Gasteiger partial charge in [0.15, 0.2) is 11.5 Å². The molecule has 98 valence electrons. The Balaban J connectivity index is 1.97. The van der Waals surface area contributed by atoms with Crippen LogP contribution in [-0.2, 0) is 6.42 Å². The summed E-state index contributed by atoms with van der Waals surface area (Å²) in [6.07, 6.45) is 3.26. The molecule has 0 radical (unpaired) electrons. The fraction of sp³-hybridized carbons (Fsp3) is 0.375. The van der Waals surface area contributed by atoms with E-state index in [4.69, 9.17) is 9.47 Å². The molecule has 3 aliphatic rings. The van der Waals surface area contributed by atoms with E-state index >= 15 is 0 Å². The van der Waals surface area contributed by atoms with Crippen molar-refractivity contribution >= 4 is 11.3 Å². The summed E-state index contributed by atoms with van der Waals surface area (Å²) in [7, 11) is 4.20. The van der Waals surface area contributed by atoms with Crippen molar-refractivity contribution in [1.82, 2.24) is 0 Å². The Morgan fingerprint density at radius 2 is 1.89 bits per heavy atom. The molecule has 0 saturated carbocycles. The van der Waals surface area contributed by atoms with Gasteiger partial charge in [0, 0.05) is 12.1 Å². The Morgan fingerprint density at radius 3 is 2.74 bits per heavy atom. The van der Waals surface area contributed by atoms with Crippen LogP contribution in [0.2, 0.25) is 0 Å². The fourth-order valence-electron chi connectivity index (χ4n) is 3.32. The lowest BCUT2D eigenvalue weighted by Crippen LogP contribution is -2.14. The first-order valence-corrected chi connectivity index (χ1v) is 6.81. The predicted molar refractivity (Wildman–Crippen MR) is 73.6 cm³/mol. The highest BCUT2D eigenvalue weighted by Crippen LogP contribution is 2.41. The normalized spacial score (nSPS) is 20.5. The minimum Gasteiger partial charge on any atom is -0.454 e. The molecule has 2 aliphatic heterocycles. The van der Waals surface area contributed by atoms with Crippen LogP contribution in [-0.4, -0.2) is 23.6 Å².